The number of aliphatic carboxylic acids is 1. The van der Waals surface area contributed by atoms with Crippen LogP contribution >= 0.6 is 11.8 Å². The number of carbonyl (C=O) groups is 2. The molecule has 0 fully saturated rings. The molecule has 0 aliphatic heterocycles. The van der Waals surface area contributed by atoms with E-state index in [1.54, 1.807) is 0 Å². The lowest BCUT2D eigenvalue weighted by Crippen LogP contribution is -1.98. The number of Topliss-reactive ketones (excluding diaryl/α,β-unsaturated/α-hetero) is 1. The summed E-state index contributed by atoms with van der Waals surface area (Å²) in [5.41, 5.74) is 1.01. The third-order valence-electron chi connectivity index (χ3n) is 2.35. The molecule has 1 aromatic carbocycles. The van der Waals surface area contributed by atoms with Crippen LogP contribution in [0.25, 0.3) is 0 Å². The zero-order valence-electron chi connectivity index (χ0n) is 9.81. The van der Waals surface area contributed by atoms with E-state index in [-0.39, 0.29) is 12.2 Å². The fourth-order valence-corrected chi connectivity index (χ4v) is 2.13. The molecule has 92 valence electrons. The molecular weight excluding hydrogens is 236 g/mol. The number of carbonyl (C=O) groups excluding carboxylic acids is 1. The molecule has 4 heteroatoms. The van der Waals surface area contributed by atoms with Gasteiger partial charge in [0.25, 0.3) is 0 Å². The lowest BCUT2D eigenvalue weighted by molar-refractivity contribution is -0.137. The first-order chi connectivity index (χ1) is 8.11. The molecule has 17 heavy (non-hydrogen) atoms. The molecule has 1 rings (SSSR count). The lowest BCUT2D eigenvalue weighted by atomic mass is 10.1. The fraction of sp³-hybridized carbons (Fsp3) is 0.385. The Bertz CT molecular complexity index is 384. The lowest BCUT2D eigenvalue weighted by Gasteiger charge is -2.02. The molecule has 0 aliphatic rings. The third-order valence-corrected chi connectivity index (χ3v) is 3.42. The van der Waals surface area contributed by atoms with E-state index >= 15 is 0 Å². The number of carboxylic acid groups (broad SMARTS) is 1. The number of benzene rings is 1. The Labute approximate surface area is 105 Å². The molecule has 0 bridgehead atoms. The quantitative estimate of drug-likeness (QED) is 0.758. The first-order valence-corrected chi connectivity index (χ1v) is 6.55. The van der Waals surface area contributed by atoms with Gasteiger partial charge in [0.1, 0.15) is 5.78 Å². The van der Waals surface area contributed by atoms with Crippen LogP contribution in [0.2, 0.25) is 0 Å². The summed E-state index contributed by atoms with van der Waals surface area (Å²) in [5, 5.41) is 8.56. The molecule has 0 amide bonds. The highest BCUT2D eigenvalue weighted by atomic mass is 32.2. The molecule has 0 radical (unpaired) electrons. The highest BCUT2D eigenvalue weighted by molar-refractivity contribution is 8.00. The number of hydrogen-bond acceptors (Lipinski definition) is 3. The van der Waals surface area contributed by atoms with E-state index < -0.39 is 5.97 Å². The number of aryl methyl sites for hydroxylation is 1. The van der Waals surface area contributed by atoms with Crippen LogP contribution in [-0.4, -0.2) is 22.6 Å². The first kappa shape index (κ1) is 13.8. The van der Waals surface area contributed by atoms with Gasteiger partial charge in [-0.2, -0.15) is 0 Å². The van der Waals surface area contributed by atoms with E-state index in [9.17, 15) is 9.59 Å². The Morgan fingerprint density at radius 3 is 2.41 bits per heavy atom. The summed E-state index contributed by atoms with van der Waals surface area (Å²) in [6, 6.07) is 7.71. The molecule has 1 N–H and O–H groups in total. The molecule has 0 heterocycles. The molecule has 0 saturated carbocycles. The van der Waals surface area contributed by atoms with E-state index in [0.717, 1.165) is 10.5 Å². The maximum Gasteiger partial charge on any atom is 0.303 e. The summed E-state index contributed by atoms with van der Waals surface area (Å²) >= 11 is 1.52. The van der Waals surface area contributed by atoms with Gasteiger partial charge in [0.2, 0.25) is 0 Å². The Kier molecular flexibility index (Phi) is 5.77. The monoisotopic (exact) mass is 252 g/mol. The molecule has 0 atom stereocenters. The van der Waals surface area contributed by atoms with Crippen molar-refractivity contribution in [3.05, 3.63) is 29.8 Å². The first-order valence-electron chi connectivity index (χ1n) is 5.57. The van der Waals surface area contributed by atoms with Gasteiger partial charge in [-0.15, -0.1) is 11.8 Å². The maximum atomic E-state index is 11.1. The predicted molar refractivity (Wildman–Crippen MR) is 68.4 cm³/mol. The average molecular weight is 252 g/mol. The normalized spacial score (nSPS) is 10.2. The van der Waals surface area contributed by atoms with E-state index in [0.29, 0.717) is 18.6 Å². The molecular formula is C13H16O3S. The average Bonchev–Trinajstić information content (AvgIpc) is 2.34. The van der Waals surface area contributed by atoms with Crippen LogP contribution in [0, 0.1) is 0 Å². The molecule has 0 aliphatic carbocycles. The Balaban J connectivity index is 2.44. The van der Waals surface area contributed by atoms with Crippen molar-refractivity contribution in [2.75, 3.05) is 5.75 Å². The number of hydrogen-bond donors (Lipinski definition) is 1. The minimum absolute atomic E-state index is 0.154. The number of carboxylic acids is 1. The van der Waals surface area contributed by atoms with Crippen molar-refractivity contribution >= 4 is 23.5 Å². The van der Waals surface area contributed by atoms with Gasteiger partial charge in [0, 0.05) is 17.7 Å². The van der Waals surface area contributed by atoms with Gasteiger partial charge in [0.05, 0.1) is 5.75 Å². The topological polar surface area (TPSA) is 54.4 Å². The van der Waals surface area contributed by atoms with Crippen molar-refractivity contribution < 1.29 is 14.7 Å². The molecule has 0 spiro atoms. The standard InChI is InChI=1S/C13H16O3S/c1-2-11(14)9-17-12-6-3-10(4-7-12)5-8-13(15)16/h3-4,6-7H,2,5,8-9H2,1H3,(H,15,16). The van der Waals surface area contributed by atoms with Crippen LogP contribution in [0.1, 0.15) is 25.3 Å². The van der Waals surface area contributed by atoms with Crippen molar-refractivity contribution in [3.63, 3.8) is 0 Å². The molecule has 0 unspecified atom stereocenters. The Morgan fingerprint density at radius 1 is 1.24 bits per heavy atom. The van der Waals surface area contributed by atoms with Crippen LogP contribution in [0.5, 0.6) is 0 Å². The van der Waals surface area contributed by atoms with E-state index in [2.05, 4.69) is 0 Å². The number of thioether (sulfide) groups is 1. The molecule has 1 aromatic rings. The summed E-state index contributed by atoms with van der Waals surface area (Å²) in [4.78, 5) is 22.6. The van der Waals surface area contributed by atoms with E-state index in [1.807, 2.05) is 31.2 Å². The number of ketones is 1. The van der Waals surface area contributed by atoms with Crippen molar-refractivity contribution in [3.8, 4) is 0 Å². The Morgan fingerprint density at radius 2 is 1.88 bits per heavy atom. The summed E-state index contributed by atoms with van der Waals surface area (Å²) < 4.78 is 0. The largest absolute Gasteiger partial charge is 0.481 e. The smallest absolute Gasteiger partial charge is 0.303 e. The zero-order valence-corrected chi connectivity index (χ0v) is 10.6. The second kappa shape index (κ2) is 7.12. The Hall–Kier alpha value is -1.29. The summed E-state index contributed by atoms with van der Waals surface area (Å²) in [5.74, 6) is -0.0349. The van der Waals surface area contributed by atoms with Gasteiger partial charge in [0.15, 0.2) is 0 Å². The van der Waals surface area contributed by atoms with Gasteiger partial charge >= 0.3 is 5.97 Å². The van der Waals surface area contributed by atoms with Crippen LogP contribution in [0.4, 0.5) is 0 Å². The van der Waals surface area contributed by atoms with Crippen molar-refractivity contribution in [1.29, 1.82) is 0 Å². The fourth-order valence-electron chi connectivity index (χ4n) is 1.27. The SMILES string of the molecule is CCC(=O)CSc1ccc(CCC(=O)O)cc1. The van der Waals surface area contributed by atoms with Gasteiger partial charge in [-0.3, -0.25) is 9.59 Å². The predicted octanol–water partition coefficient (Wildman–Crippen LogP) is 2.78. The maximum absolute atomic E-state index is 11.1. The van der Waals surface area contributed by atoms with Crippen molar-refractivity contribution in [2.45, 2.75) is 31.1 Å². The summed E-state index contributed by atoms with van der Waals surface area (Å²) in [6.45, 7) is 1.86. The van der Waals surface area contributed by atoms with Gasteiger partial charge in [-0.05, 0) is 24.1 Å². The molecule has 0 aromatic heterocycles. The third kappa shape index (κ3) is 5.54. The second-order valence-electron chi connectivity index (χ2n) is 3.72. The van der Waals surface area contributed by atoms with Gasteiger partial charge in [-0.25, -0.2) is 0 Å². The van der Waals surface area contributed by atoms with Crippen LogP contribution in [0.3, 0.4) is 0 Å². The second-order valence-corrected chi connectivity index (χ2v) is 4.77. The highest BCUT2D eigenvalue weighted by Gasteiger charge is 2.02. The van der Waals surface area contributed by atoms with Crippen LogP contribution < -0.4 is 0 Å². The van der Waals surface area contributed by atoms with E-state index in [4.69, 9.17) is 5.11 Å². The summed E-state index contributed by atoms with van der Waals surface area (Å²) in [6.07, 6.45) is 1.28. The minimum Gasteiger partial charge on any atom is -0.481 e. The van der Waals surface area contributed by atoms with Crippen LogP contribution in [-0.2, 0) is 16.0 Å². The van der Waals surface area contributed by atoms with Crippen LogP contribution in [0.15, 0.2) is 29.2 Å². The number of rotatable bonds is 7. The zero-order chi connectivity index (χ0) is 12.7. The van der Waals surface area contributed by atoms with Gasteiger partial charge < -0.3 is 5.11 Å². The van der Waals surface area contributed by atoms with E-state index in [1.165, 1.54) is 11.8 Å². The highest BCUT2D eigenvalue weighted by Crippen LogP contribution is 2.19. The summed E-state index contributed by atoms with van der Waals surface area (Å²) in [7, 11) is 0. The van der Waals surface area contributed by atoms with Crippen molar-refractivity contribution in [2.24, 2.45) is 0 Å². The van der Waals surface area contributed by atoms with Gasteiger partial charge in [-0.1, -0.05) is 19.1 Å². The minimum atomic E-state index is -0.781. The molecule has 0 saturated heterocycles. The molecule has 3 nitrogen and oxygen atoms in total. The van der Waals surface area contributed by atoms with Crippen molar-refractivity contribution in [1.82, 2.24) is 0 Å².